The van der Waals surface area contributed by atoms with Crippen LogP contribution in [0.15, 0.2) is 18.2 Å². The molecular formula is C15H22N2O5. The number of carboxylic acids is 1. The number of hydrogen-bond acceptors (Lipinski definition) is 5. The molecule has 22 heavy (non-hydrogen) atoms. The van der Waals surface area contributed by atoms with Crippen LogP contribution < -0.4 is 14.8 Å². The van der Waals surface area contributed by atoms with Crippen LogP contribution in [0.1, 0.15) is 13.8 Å². The summed E-state index contributed by atoms with van der Waals surface area (Å²) in [6.07, 6.45) is 0. The van der Waals surface area contributed by atoms with Crippen molar-refractivity contribution in [3.05, 3.63) is 18.2 Å². The van der Waals surface area contributed by atoms with Crippen LogP contribution in [-0.4, -0.2) is 55.2 Å². The third-order valence-corrected chi connectivity index (χ3v) is 2.65. The van der Waals surface area contributed by atoms with Crippen LogP contribution >= 0.6 is 0 Å². The molecule has 0 saturated heterocycles. The van der Waals surface area contributed by atoms with Gasteiger partial charge in [0.15, 0.2) is 11.5 Å². The summed E-state index contributed by atoms with van der Waals surface area (Å²) in [6, 6.07) is 5.12. The van der Waals surface area contributed by atoms with Gasteiger partial charge in [0.1, 0.15) is 0 Å². The molecule has 7 nitrogen and oxygen atoms in total. The van der Waals surface area contributed by atoms with Crippen LogP contribution in [0.2, 0.25) is 0 Å². The fourth-order valence-electron chi connectivity index (χ4n) is 1.86. The maximum Gasteiger partial charge on any atom is 0.317 e. The van der Waals surface area contributed by atoms with Gasteiger partial charge < -0.3 is 19.9 Å². The SMILES string of the molecule is CCOc1ccc(NC(=O)CN(C)CC(=O)O)cc1OCC. The van der Waals surface area contributed by atoms with Crippen LogP contribution in [0.25, 0.3) is 0 Å². The van der Waals surface area contributed by atoms with Crippen molar-refractivity contribution in [3.8, 4) is 11.5 Å². The average Bonchev–Trinajstić information content (AvgIpc) is 2.41. The summed E-state index contributed by atoms with van der Waals surface area (Å²) < 4.78 is 10.9. The van der Waals surface area contributed by atoms with E-state index in [9.17, 15) is 9.59 Å². The monoisotopic (exact) mass is 310 g/mol. The zero-order chi connectivity index (χ0) is 16.5. The molecule has 7 heteroatoms. The van der Waals surface area contributed by atoms with Crippen molar-refractivity contribution in [3.63, 3.8) is 0 Å². The van der Waals surface area contributed by atoms with Crippen molar-refractivity contribution in [1.82, 2.24) is 4.90 Å². The van der Waals surface area contributed by atoms with E-state index in [1.54, 1.807) is 25.2 Å². The maximum absolute atomic E-state index is 11.9. The van der Waals surface area contributed by atoms with Gasteiger partial charge >= 0.3 is 5.97 Å². The number of aliphatic carboxylic acids is 1. The van der Waals surface area contributed by atoms with E-state index in [1.807, 2.05) is 13.8 Å². The predicted molar refractivity (Wildman–Crippen MR) is 82.5 cm³/mol. The number of likely N-dealkylation sites (N-methyl/N-ethyl adjacent to an activating group) is 1. The van der Waals surface area contributed by atoms with E-state index in [2.05, 4.69) is 5.32 Å². The Bertz CT molecular complexity index is 519. The smallest absolute Gasteiger partial charge is 0.317 e. The normalized spacial score (nSPS) is 10.4. The van der Waals surface area contributed by atoms with Crippen molar-refractivity contribution in [2.75, 3.05) is 38.7 Å². The highest BCUT2D eigenvalue weighted by Crippen LogP contribution is 2.30. The third kappa shape index (κ3) is 6.01. The number of amides is 1. The van der Waals surface area contributed by atoms with E-state index in [0.717, 1.165) is 0 Å². The lowest BCUT2D eigenvalue weighted by Crippen LogP contribution is -2.33. The van der Waals surface area contributed by atoms with Gasteiger partial charge in [-0.1, -0.05) is 0 Å². The first kappa shape index (κ1) is 17.8. The predicted octanol–water partition coefficient (Wildman–Crippen LogP) is 1.44. The average molecular weight is 310 g/mol. The van der Waals surface area contributed by atoms with Gasteiger partial charge in [-0.2, -0.15) is 0 Å². The van der Waals surface area contributed by atoms with Gasteiger partial charge in [-0.05, 0) is 33.0 Å². The van der Waals surface area contributed by atoms with Crippen LogP contribution in [0, 0.1) is 0 Å². The Labute approximate surface area is 129 Å². The van der Waals surface area contributed by atoms with E-state index in [4.69, 9.17) is 14.6 Å². The number of carboxylic acid groups (broad SMARTS) is 1. The van der Waals surface area contributed by atoms with E-state index in [1.165, 1.54) is 4.90 Å². The number of benzene rings is 1. The largest absolute Gasteiger partial charge is 0.490 e. The van der Waals surface area contributed by atoms with Gasteiger partial charge in [-0.15, -0.1) is 0 Å². The molecule has 1 amide bonds. The second-order valence-corrected chi connectivity index (χ2v) is 4.64. The van der Waals surface area contributed by atoms with Gasteiger partial charge in [-0.3, -0.25) is 14.5 Å². The molecule has 2 N–H and O–H groups in total. The molecule has 0 aliphatic heterocycles. The molecule has 0 unspecified atom stereocenters. The number of rotatable bonds is 9. The molecule has 1 rings (SSSR count). The molecule has 0 bridgehead atoms. The maximum atomic E-state index is 11.9. The lowest BCUT2D eigenvalue weighted by molar-refractivity contribution is -0.138. The number of ether oxygens (including phenoxy) is 2. The van der Waals surface area contributed by atoms with Crippen molar-refractivity contribution in [1.29, 1.82) is 0 Å². The van der Waals surface area contributed by atoms with Crippen molar-refractivity contribution >= 4 is 17.6 Å². The summed E-state index contributed by atoms with van der Waals surface area (Å²) in [7, 11) is 1.57. The van der Waals surface area contributed by atoms with Gasteiger partial charge in [0.05, 0.1) is 26.3 Å². The second-order valence-electron chi connectivity index (χ2n) is 4.64. The van der Waals surface area contributed by atoms with Gasteiger partial charge in [-0.25, -0.2) is 0 Å². The first-order valence-corrected chi connectivity index (χ1v) is 7.06. The summed E-state index contributed by atoms with van der Waals surface area (Å²) in [5, 5.41) is 11.4. The van der Waals surface area contributed by atoms with E-state index in [-0.39, 0.29) is 19.0 Å². The zero-order valence-corrected chi connectivity index (χ0v) is 13.1. The highest BCUT2D eigenvalue weighted by molar-refractivity contribution is 5.92. The summed E-state index contributed by atoms with van der Waals surface area (Å²) in [5.41, 5.74) is 0.570. The summed E-state index contributed by atoms with van der Waals surface area (Å²) in [4.78, 5) is 23.8. The number of anilines is 1. The molecule has 0 fully saturated rings. The molecule has 0 aliphatic carbocycles. The lowest BCUT2D eigenvalue weighted by Gasteiger charge is -2.15. The molecule has 1 aromatic carbocycles. The van der Waals surface area contributed by atoms with Crippen molar-refractivity contribution < 1.29 is 24.2 Å². The first-order valence-electron chi connectivity index (χ1n) is 7.06. The summed E-state index contributed by atoms with van der Waals surface area (Å²) in [5.74, 6) is -0.100. The van der Waals surface area contributed by atoms with Gasteiger partial charge in [0.25, 0.3) is 0 Å². The Balaban J connectivity index is 2.70. The Morgan fingerprint density at radius 3 is 2.36 bits per heavy atom. The topological polar surface area (TPSA) is 88.1 Å². The molecular weight excluding hydrogens is 288 g/mol. The van der Waals surface area contributed by atoms with Crippen molar-refractivity contribution in [2.45, 2.75) is 13.8 Å². The molecule has 0 atom stereocenters. The summed E-state index contributed by atoms with van der Waals surface area (Å²) in [6.45, 7) is 4.54. The Kier molecular flexibility index (Phi) is 7.18. The molecule has 0 aromatic heterocycles. The quantitative estimate of drug-likeness (QED) is 0.717. The molecule has 0 radical (unpaired) electrons. The fourth-order valence-corrected chi connectivity index (χ4v) is 1.86. The standard InChI is InChI=1S/C15H22N2O5/c1-4-21-12-7-6-11(8-13(12)22-5-2)16-14(18)9-17(3)10-15(19)20/h6-8H,4-5,9-10H2,1-3H3,(H,16,18)(H,19,20). The van der Waals surface area contributed by atoms with Crippen molar-refractivity contribution in [2.24, 2.45) is 0 Å². The minimum atomic E-state index is -0.977. The Morgan fingerprint density at radius 2 is 1.77 bits per heavy atom. The van der Waals surface area contributed by atoms with E-state index in [0.29, 0.717) is 30.4 Å². The zero-order valence-electron chi connectivity index (χ0n) is 13.1. The molecule has 122 valence electrons. The molecule has 0 aliphatic rings. The highest BCUT2D eigenvalue weighted by atomic mass is 16.5. The number of nitrogens with one attached hydrogen (secondary N) is 1. The number of carbonyl (C=O) groups excluding carboxylic acids is 1. The van der Waals surface area contributed by atoms with E-state index < -0.39 is 5.97 Å². The number of hydrogen-bond donors (Lipinski definition) is 2. The summed E-state index contributed by atoms with van der Waals surface area (Å²) >= 11 is 0. The molecule has 1 aromatic rings. The molecule has 0 heterocycles. The van der Waals surface area contributed by atoms with Crippen LogP contribution in [0.5, 0.6) is 11.5 Å². The lowest BCUT2D eigenvalue weighted by atomic mass is 10.2. The highest BCUT2D eigenvalue weighted by Gasteiger charge is 2.11. The fraction of sp³-hybridized carbons (Fsp3) is 0.467. The minimum Gasteiger partial charge on any atom is -0.490 e. The second kappa shape index (κ2) is 8.89. The van der Waals surface area contributed by atoms with Gasteiger partial charge in [0, 0.05) is 11.8 Å². The Hall–Kier alpha value is -2.28. The van der Waals surface area contributed by atoms with Gasteiger partial charge in [0.2, 0.25) is 5.91 Å². The van der Waals surface area contributed by atoms with Crippen LogP contribution in [0.3, 0.4) is 0 Å². The Morgan fingerprint density at radius 1 is 1.14 bits per heavy atom. The molecule has 0 saturated carbocycles. The minimum absolute atomic E-state index is 0.0104. The first-order chi connectivity index (χ1) is 10.5. The van der Waals surface area contributed by atoms with Crippen LogP contribution in [-0.2, 0) is 9.59 Å². The number of nitrogens with zero attached hydrogens (tertiary/aromatic N) is 1. The molecule has 0 spiro atoms. The van der Waals surface area contributed by atoms with E-state index >= 15 is 0 Å². The van der Waals surface area contributed by atoms with Crippen LogP contribution in [0.4, 0.5) is 5.69 Å². The number of carbonyl (C=O) groups is 2. The third-order valence-electron chi connectivity index (χ3n) is 2.65.